The molecule has 3 rings (SSSR count). The smallest absolute Gasteiger partial charge is 0.256 e. The summed E-state index contributed by atoms with van der Waals surface area (Å²) in [6.45, 7) is 2.47. The standard InChI is InChI=1S/C15H15FN4O2/c1-11(21-13-5-3-12(16)4-6-13)15-19-18-14(22-15)7-10-20-9-2-8-17-20/h2-6,8-9,11H,7,10H2,1H3. The maximum absolute atomic E-state index is 12.8. The highest BCUT2D eigenvalue weighted by atomic mass is 19.1. The van der Waals surface area contributed by atoms with Crippen LogP contribution in [0.3, 0.4) is 0 Å². The van der Waals surface area contributed by atoms with E-state index in [1.807, 2.05) is 12.3 Å². The lowest BCUT2D eigenvalue weighted by molar-refractivity contribution is 0.185. The van der Waals surface area contributed by atoms with Gasteiger partial charge < -0.3 is 9.15 Å². The number of aromatic nitrogens is 4. The van der Waals surface area contributed by atoms with E-state index in [2.05, 4.69) is 15.3 Å². The van der Waals surface area contributed by atoms with E-state index in [0.29, 0.717) is 30.5 Å². The number of ether oxygens (including phenoxy) is 1. The van der Waals surface area contributed by atoms with Crippen LogP contribution < -0.4 is 4.74 Å². The second-order valence-corrected chi connectivity index (χ2v) is 4.77. The first-order valence-corrected chi connectivity index (χ1v) is 6.92. The zero-order chi connectivity index (χ0) is 15.4. The Morgan fingerprint density at radius 2 is 2.09 bits per heavy atom. The topological polar surface area (TPSA) is 66.0 Å². The van der Waals surface area contributed by atoms with E-state index in [1.165, 1.54) is 12.1 Å². The van der Waals surface area contributed by atoms with Crippen molar-refractivity contribution in [1.82, 2.24) is 20.0 Å². The molecule has 0 spiro atoms. The van der Waals surface area contributed by atoms with Gasteiger partial charge in [-0.2, -0.15) is 5.10 Å². The Morgan fingerprint density at radius 3 is 2.82 bits per heavy atom. The van der Waals surface area contributed by atoms with Crippen molar-refractivity contribution in [2.45, 2.75) is 26.0 Å². The van der Waals surface area contributed by atoms with Crippen LogP contribution in [0.15, 0.2) is 47.1 Å². The van der Waals surface area contributed by atoms with Gasteiger partial charge in [0.05, 0.1) is 0 Å². The fourth-order valence-electron chi connectivity index (χ4n) is 1.94. The maximum atomic E-state index is 12.8. The van der Waals surface area contributed by atoms with Gasteiger partial charge in [0, 0.05) is 25.4 Å². The van der Waals surface area contributed by atoms with Gasteiger partial charge in [0.15, 0.2) is 6.10 Å². The first-order chi connectivity index (χ1) is 10.7. The fourth-order valence-corrected chi connectivity index (χ4v) is 1.94. The molecule has 0 saturated heterocycles. The minimum atomic E-state index is -0.406. The van der Waals surface area contributed by atoms with Gasteiger partial charge >= 0.3 is 0 Å². The summed E-state index contributed by atoms with van der Waals surface area (Å²) in [6.07, 6.45) is 3.78. The van der Waals surface area contributed by atoms with E-state index in [-0.39, 0.29) is 5.82 Å². The van der Waals surface area contributed by atoms with Gasteiger partial charge in [-0.25, -0.2) is 4.39 Å². The van der Waals surface area contributed by atoms with Crippen molar-refractivity contribution in [3.8, 4) is 5.75 Å². The zero-order valence-corrected chi connectivity index (χ0v) is 12.0. The SMILES string of the molecule is CC(Oc1ccc(F)cc1)c1nnc(CCn2cccn2)o1. The van der Waals surface area contributed by atoms with Crippen LogP contribution in [-0.2, 0) is 13.0 Å². The summed E-state index contributed by atoms with van der Waals surface area (Å²) in [4.78, 5) is 0. The number of rotatable bonds is 6. The lowest BCUT2D eigenvalue weighted by Crippen LogP contribution is -2.03. The third-order valence-electron chi connectivity index (χ3n) is 3.07. The Balaban J connectivity index is 1.58. The average molecular weight is 302 g/mol. The molecule has 0 N–H and O–H groups in total. The molecule has 2 heterocycles. The number of hydrogen-bond donors (Lipinski definition) is 0. The lowest BCUT2D eigenvalue weighted by atomic mass is 10.3. The largest absolute Gasteiger partial charge is 0.481 e. The molecule has 0 aliphatic heterocycles. The minimum absolute atomic E-state index is 0.307. The molecule has 0 amide bonds. The van der Waals surface area contributed by atoms with Gasteiger partial charge in [0.2, 0.25) is 5.89 Å². The quantitative estimate of drug-likeness (QED) is 0.700. The Bertz CT molecular complexity index is 709. The number of hydrogen-bond acceptors (Lipinski definition) is 5. The minimum Gasteiger partial charge on any atom is -0.481 e. The monoisotopic (exact) mass is 302 g/mol. The summed E-state index contributed by atoms with van der Waals surface area (Å²) in [5, 5.41) is 12.1. The molecule has 6 nitrogen and oxygen atoms in total. The van der Waals surface area contributed by atoms with Crippen LogP contribution in [0.25, 0.3) is 0 Å². The highest BCUT2D eigenvalue weighted by Crippen LogP contribution is 2.21. The average Bonchev–Trinajstić information content (AvgIpc) is 3.18. The van der Waals surface area contributed by atoms with E-state index < -0.39 is 6.10 Å². The predicted molar refractivity (Wildman–Crippen MR) is 75.7 cm³/mol. The first kappa shape index (κ1) is 14.2. The third kappa shape index (κ3) is 3.49. The molecule has 2 aromatic heterocycles. The summed E-state index contributed by atoms with van der Waals surface area (Å²) >= 11 is 0. The number of aryl methyl sites for hydroxylation is 2. The molecule has 1 atom stereocenters. The van der Waals surface area contributed by atoms with E-state index in [0.717, 1.165) is 0 Å². The molecule has 0 aliphatic rings. The summed E-state index contributed by atoms with van der Waals surface area (Å²) in [5.41, 5.74) is 0. The molecule has 0 saturated carbocycles. The molecule has 0 aliphatic carbocycles. The zero-order valence-electron chi connectivity index (χ0n) is 12.0. The Morgan fingerprint density at radius 1 is 1.27 bits per heavy atom. The van der Waals surface area contributed by atoms with Gasteiger partial charge in [-0.1, -0.05) is 0 Å². The lowest BCUT2D eigenvalue weighted by Gasteiger charge is -2.10. The molecular formula is C15H15FN4O2. The van der Waals surface area contributed by atoms with Crippen LogP contribution in [0.4, 0.5) is 4.39 Å². The molecule has 22 heavy (non-hydrogen) atoms. The molecular weight excluding hydrogens is 287 g/mol. The summed E-state index contributed by atoms with van der Waals surface area (Å²) in [6, 6.07) is 7.65. The van der Waals surface area contributed by atoms with Crippen molar-refractivity contribution in [2.24, 2.45) is 0 Å². The number of halogens is 1. The molecule has 1 unspecified atom stereocenters. The second-order valence-electron chi connectivity index (χ2n) is 4.77. The van der Waals surface area contributed by atoms with E-state index >= 15 is 0 Å². The van der Waals surface area contributed by atoms with Crippen LogP contribution >= 0.6 is 0 Å². The van der Waals surface area contributed by atoms with Crippen LogP contribution in [0.2, 0.25) is 0 Å². The van der Waals surface area contributed by atoms with Gasteiger partial charge in [-0.05, 0) is 37.3 Å². The van der Waals surface area contributed by atoms with E-state index in [4.69, 9.17) is 9.15 Å². The van der Waals surface area contributed by atoms with Gasteiger partial charge in [0.25, 0.3) is 5.89 Å². The third-order valence-corrected chi connectivity index (χ3v) is 3.07. The van der Waals surface area contributed by atoms with Crippen molar-refractivity contribution in [3.63, 3.8) is 0 Å². The normalized spacial score (nSPS) is 12.3. The van der Waals surface area contributed by atoms with Gasteiger partial charge in [-0.3, -0.25) is 4.68 Å². The number of nitrogens with zero attached hydrogens (tertiary/aromatic N) is 4. The van der Waals surface area contributed by atoms with Crippen LogP contribution in [-0.4, -0.2) is 20.0 Å². The van der Waals surface area contributed by atoms with Gasteiger partial charge in [-0.15, -0.1) is 10.2 Å². The summed E-state index contributed by atoms with van der Waals surface area (Å²) < 4.78 is 25.9. The van der Waals surface area contributed by atoms with Crippen molar-refractivity contribution >= 4 is 0 Å². The van der Waals surface area contributed by atoms with Crippen molar-refractivity contribution in [1.29, 1.82) is 0 Å². The highest BCUT2D eigenvalue weighted by molar-refractivity contribution is 5.22. The van der Waals surface area contributed by atoms with E-state index in [9.17, 15) is 4.39 Å². The molecule has 3 aromatic rings. The fraction of sp³-hybridized carbons (Fsp3) is 0.267. The molecule has 7 heteroatoms. The molecule has 0 radical (unpaired) electrons. The van der Waals surface area contributed by atoms with E-state index in [1.54, 1.807) is 29.9 Å². The van der Waals surface area contributed by atoms with Crippen molar-refractivity contribution in [2.75, 3.05) is 0 Å². The van der Waals surface area contributed by atoms with Crippen LogP contribution in [0, 0.1) is 5.82 Å². The second kappa shape index (κ2) is 6.38. The Kier molecular flexibility index (Phi) is 4.13. The molecule has 0 bridgehead atoms. The summed E-state index contributed by atoms with van der Waals surface area (Å²) in [5.74, 6) is 1.16. The highest BCUT2D eigenvalue weighted by Gasteiger charge is 2.15. The van der Waals surface area contributed by atoms with Gasteiger partial charge in [0.1, 0.15) is 11.6 Å². The van der Waals surface area contributed by atoms with Crippen molar-refractivity contribution in [3.05, 3.63) is 60.3 Å². The molecule has 0 fully saturated rings. The summed E-state index contributed by atoms with van der Waals surface area (Å²) in [7, 11) is 0. The van der Waals surface area contributed by atoms with Crippen LogP contribution in [0.5, 0.6) is 5.75 Å². The maximum Gasteiger partial charge on any atom is 0.256 e. The molecule has 1 aromatic carbocycles. The predicted octanol–water partition coefficient (Wildman–Crippen LogP) is 2.79. The van der Waals surface area contributed by atoms with Crippen molar-refractivity contribution < 1.29 is 13.5 Å². The Labute approximate surface area is 126 Å². The molecule has 114 valence electrons. The number of benzene rings is 1. The first-order valence-electron chi connectivity index (χ1n) is 6.92. The Hall–Kier alpha value is -2.70. The van der Waals surface area contributed by atoms with Crippen LogP contribution in [0.1, 0.15) is 24.8 Å².